The molecule has 0 aromatic carbocycles. The van der Waals surface area contributed by atoms with Crippen molar-refractivity contribution in [3.8, 4) is 0 Å². The molecule has 0 bridgehead atoms. The second-order valence-corrected chi connectivity index (χ2v) is 4.33. The number of hydrogen-bond acceptors (Lipinski definition) is 3. The quantitative estimate of drug-likeness (QED) is 0.656. The van der Waals surface area contributed by atoms with E-state index in [1.165, 1.54) is 15.8 Å². The molecule has 2 heterocycles. The fourth-order valence-electron chi connectivity index (χ4n) is 1.15. The number of nitrogens with one attached hydrogen (secondary N) is 1. The van der Waals surface area contributed by atoms with Crippen LogP contribution in [0, 0.1) is 18.6 Å². The van der Waals surface area contributed by atoms with Gasteiger partial charge in [-0.05, 0) is 31.6 Å². The molecule has 0 amide bonds. The molecule has 0 aliphatic rings. The van der Waals surface area contributed by atoms with E-state index in [1.807, 2.05) is 6.20 Å². The highest BCUT2D eigenvalue weighted by Crippen LogP contribution is 2.27. The Morgan fingerprint density at radius 2 is 2.25 bits per heavy atom. The van der Waals surface area contributed by atoms with Gasteiger partial charge in [-0.25, -0.2) is 4.98 Å². The first-order valence-electron chi connectivity index (χ1n) is 3.63. The lowest BCUT2D eigenvalue weighted by Gasteiger charge is -1.89. The van der Waals surface area contributed by atoms with E-state index in [2.05, 4.69) is 23.8 Å². The first kappa shape index (κ1) is 7.89. The number of aromatic amines is 1. The van der Waals surface area contributed by atoms with Gasteiger partial charge in [-0.15, -0.1) is 11.3 Å². The lowest BCUT2D eigenvalue weighted by Crippen LogP contribution is -1.79. The molecule has 1 N–H and O–H groups in total. The molecule has 2 nitrogen and oxygen atoms in total. The van der Waals surface area contributed by atoms with Crippen LogP contribution in [0.1, 0.15) is 10.4 Å². The van der Waals surface area contributed by atoms with Gasteiger partial charge in [-0.1, -0.05) is 0 Å². The number of hydrogen-bond donors (Lipinski definition) is 1. The highest BCUT2D eigenvalue weighted by atomic mass is 32.1. The Morgan fingerprint density at radius 3 is 3.00 bits per heavy atom. The van der Waals surface area contributed by atoms with Gasteiger partial charge in [0.1, 0.15) is 4.83 Å². The zero-order valence-electron chi connectivity index (χ0n) is 6.84. The maximum atomic E-state index is 4.93. The summed E-state index contributed by atoms with van der Waals surface area (Å²) in [6.07, 6.45) is 1.84. The van der Waals surface area contributed by atoms with E-state index >= 15 is 0 Å². The number of H-pyrrole nitrogens is 1. The summed E-state index contributed by atoms with van der Waals surface area (Å²) in [4.78, 5) is 9.57. The van der Waals surface area contributed by atoms with Crippen molar-refractivity contribution >= 4 is 33.8 Å². The lowest BCUT2D eigenvalue weighted by molar-refractivity contribution is 1.19. The van der Waals surface area contributed by atoms with Crippen LogP contribution >= 0.6 is 23.6 Å². The average molecular weight is 196 g/mol. The van der Waals surface area contributed by atoms with Crippen LogP contribution in [0.15, 0.2) is 6.20 Å². The van der Waals surface area contributed by atoms with Crippen molar-refractivity contribution in [2.45, 2.75) is 13.8 Å². The van der Waals surface area contributed by atoms with Crippen LogP contribution in [0.5, 0.6) is 0 Å². The summed E-state index contributed by atoms with van der Waals surface area (Å²) in [5.74, 6) is 0. The van der Waals surface area contributed by atoms with Gasteiger partial charge in [0.25, 0.3) is 0 Å². The average Bonchev–Trinajstić information content (AvgIpc) is 2.28. The number of aromatic nitrogens is 2. The Labute approximate surface area is 79.3 Å². The zero-order valence-corrected chi connectivity index (χ0v) is 8.47. The van der Waals surface area contributed by atoms with E-state index in [0.29, 0.717) is 4.77 Å². The number of fused-ring (bicyclic) bond motifs is 1. The van der Waals surface area contributed by atoms with E-state index < -0.39 is 0 Å². The molecule has 2 aromatic rings. The molecular formula is C8H8N2S2. The monoisotopic (exact) mass is 196 g/mol. The summed E-state index contributed by atoms with van der Waals surface area (Å²) in [7, 11) is 0. The van der Waals surface area contributed by atoms with E-state index in [9.17, 15) is 0 Å². The van der Waals surface area contributed by atoms with Crippen molar-refractivity contribution in [3.05, 3.63) is 21.4 Å². The standard InChI is InChI=1S/C8H8N2S2/c1-4-5(2)12-7-6(4)3-9-8(11)10-7/h3H,1-2H3,(H,9,10,11). The van der Waals surface area contributed by atoms with Gasteiger partial charge >= 0.3 is 0 Å². The van der Waals surface area contributed by atoms with Gasteiger partial charge in [0.15, 0.2) is 4.77 Å². The predicted molar refractivity (Wildman–Crippen MR) is 54.3 cm³/mol. The van der Waals surface area contributed by atoms with Crippen LogP contribution in [0.3, 0.4) is 0 Å². The van der Waals surface area contributed by atoms with Crippen LogP contribution in [0.4, 0.5) is 0 Å². The highest BCUT2D eigenvalue weighted by molar-refractivity contribution is 7.71. The van der Waals surface area contributed by atoms with Crippen LogP contribution in [-0.2, 0) is 0 Å². The third kappa shape index (κ3) is 1.07. The molecule has 0 saturated heterocycles. The van der Waals surface area contributed by atoms with Crippen molar-refractivity contribution in [3.63, 3.8) is 0 Å². The van der Waals surface area contributed by atoms with Gasteiger partial charge < -0.3 is 4.98 Å². The van der Waals surface area contributed by atoms with Gasteiger partial charge in [0.05, 0.1) is 0 Å². The summed E-state index contributed by atoms with van der Waals surface area (Å²) in [6.45, 7) is 4.21. The van der Waals surface area contributed by atoms with Crippen LogP contribution in [0.25, 0.3) is 10.2 Å². The molecule has 0 spiro atoms. The second kappa shape index (κ2) is 2.64. The van der Waals surface area contributed by atoms with E-state index in [1.54, 1.807) is 11.3 Å². The number of rotatable bonds is 0. The molecule has 62 valence electrons. The van der Waals surface area contributed by atoms with Crippen LogP contribution in [0.2, 0.25) is 0 Å². The molecule has 0 aliphatic carbocycles. The number of thiophene rings is 1. The Morgan fingerprint density at radius 1 is 1.50 bits per heavy atom. The Hall–Kier alpha value is -0.740. The summed E-state index contributed by atoms with van der Waals surface area (Å²) in [5.41, 5.74) is 1.30. The van der Waals surface area contributed by atoms with Crippen molar-refractivity contribution in [2.75, 3.05) is 0 Å². The largest absolute Gasteiger partial charge is 0.322 e. The van der Waals surface area contributed by atoms with Crippen LogP contribution < -0.4 is 0 Å². The first-order chi connectivity index (χ1) is 5.68. The molecule has 2 rings (SSSR count). The zero-order chi connectivity index (χ0) is 8.72. The third-order valence-electron chi connectivity index (χ3n) is 1.96. The molecule has 12 heavy (non-hydrogen) atoms. The SMILES string of the molecule is Cc1sc2[nH]c(=S)ncc2c1C. The lowest BCUT2D eigenvalue weighted by atomic mass is 10.2. The number of aryl methyl sites for hydroxylation is 2. The topological polar surface area (TPSA) is 28.7 Å². The minimum Gasteiger partial charge on any atom is -0.322 e. The second-order valence-electron chi connectivity index (χ2n) is 2.71. The van der Waals surface area contributed by atoms with Gasteiger partial charge in [-0.2, -0.15) is 0 Å². The summed E-state index contributed by atoms with van der Waals surface area (Å²) >= 11 is 6.66. The fourth-order valence-corrected chi connectivity index (χ4v) is 2.40. The molecule has 0 atom stereocenters. The Kier molecular flexibility index (Phi) is 1.73. The van der Waals surface area contributed by atoms with Crippen molar-refractivity contribution in [1.82, 2.24) is 9.97 Å². The normalized spacial score (nSPS) is 10.8. The third-order valence-corrected chi connectivity index (χ3v) is 3.31. The maximum Gasteiger partial charge on any atom is 0.197 e. The van der Waals surface area contributed by atoms with E-state index in [0.717, 1.165) is 4.83 Å². The molecule has 4 heteroatoms. The van der Waals surface area contributed by atoms with Gasteiger partial charge in [0.2, 0.25) is 0 Å². The Bertz CT molecular complexity index is 481. The summed E-state index contributed by atoms with van der Waals surface area (Å²) in [5, 5.41) is 1.19. The van der Waals surface area contributed by atoms with Crippen molar-refractivity contribution in [2.24, 2.45) is 0 Å². The van der Waals surface area contributed by atoms with E-state index in [4.69, 9.17) is 12.2 Å². The molecule has 0 unspecified atom stereocenters. The Balaban J connectivity index is 2.96. The molecule has 0 aliphatic heterocycles. The number of nitrogens with zero attached hydrogens (tertiary/aromatic N) is 1. The minimum absolute atomic E-state index is 0.559. The van der Waals surface area contributed by atoms with Crippen LogP contribution in [-0.4, -0.2) is 9.97 Å². The molecule has 2 aromatic heterocycles. The smallest absolute Gasteiger partial charge is 0.197 e. The summed E-state index contributed by atoms with van der Waals surface area (Å²) < 4.78 is 0.559. The highest BCUT2D eigenvalue weighted by Gasteiger charge is 2.03. The molecule has 0 fully saturated rings. The first-order valence-corrected chi connectivity index (χ1v) is 4.86. The van der Waals surface area contributed by atoms with Crippen molar-refractivity contribution < 1.29 is 0 Å². The molecule has 0 radical (unpaired) electrons. The molecule has 0 saturated carbocycles. The van der Waals surface area contributed by atoms with Crippen molar-refractivity contribution in [1.29, 1.82) is 0 Å². The summed E-state index contributed by atoms with van der Waals surface area (Å²) in [6, 6.07) is 0. The fraction of sp³-hybridized carbons (Fsp3) is 0.250. The molecular weight excluding hydrogens is 188 g/mol. The van der Waals surface area contributed by atoms with Gasteiger partial charge in [-0.3, -0.25) is 0 Å². The predicted octanol–water partition coefficient (Wildman–Crippen LogP) is 2.97. The minimum atomic E-state index is 0.559. The van der Waals surface area contributed by atoms with Gasteiger partial charge in [0, 0.05) is 16.5 Å². The maximum absolute atomic E-state index is 4.93. The van der Waals surface area contributed by atoms with E-state index in [-0.39, 0.29) is 0 Å².